The summed E-state index contributed by atoms with van der Waals surface area (Å²) in [5.41, 5.74) is 1.72. The molecule has 32 heavy (non-hydrogen) atoms. The van der Waals surface area contributed by atoms with Crippen LogP contribution in [-0.2, 0) is 12.7 Å². The fraction of sp³-hybridized carbons (Fsp3) is 0.0952. The van der Waals surface area contributed by atoms with Crippen molar-refractivity contribution in [2.24, 2.45) is 0 Å². The molecule has 0 saturated heterocycles. The largest absolute Gasteiger partial charge is 0.416 e. The molecule has 2 aromatic carbocycles. The molecule has 1 N–H and O–H groups in total. The number of aromatic nitrogens is 6. The van der Waals surface area contributed by atoms with E-state index in [4.69, 9.17) is 5.26 Å². The van der Waals surface area contributed by atoms with Gasteiger partial charge in [-0.15, -0.1) is 0 Å². The standard InChI is InChI=1S/C21H12F3N7O/c22-21(23,24)14-4-1-12(2-5-14)10-30-18-16(28-20(30)32)9-26-19(29-18)31-11-27-15-7-13(8-25)3-6-17(15)31/h1-7,9,11H,10H2,(H,28,32). The summed E-state index contributed by atoms with van der Waals surface area (Å²) in [6.07, 6.45) is -1.46. The van der Waals surface area contributed by atoms with Crippen molar-refractivity contribution in [1.82, 2.24) is 29.1 Å². The van der Waals surface area contributed by atoms with Gasteiger partial charge in [0.1, 0.15) is 11.8 Å². The first-order valence-corrected chi connectivity index (χ1v) is 9.33. The van der Waals surface area contributed by atoms with E-state index in [0.717, 1.165) is 12.1 Å². The van der Waals surface area contributed by atoms with Crippen LogP contribution in [-0.4, -0.2) is 29.1 Å². The molecule has 5 rings (SSSR count). The lowest BCUT2D eigenvalue weighted by molar-refractivity contribution is -0.137. The number of benzene rings is 2. The highest BCUT2D eigenvalue weighted by molar-refractivity contribution is 5.79. The van der Waals surface area contributed by atoms with Crippen LogP contribution < -0.4 is 5.69 Å². The molecule has 0 spiro atoms. The van der Waals surface area contributed by atoms with Crippen molar-refractivity contribution in [2.45, 2.75) is 12.7 Å². The summed E-state index contributed by atoms with van der Waals surface area (Å²) >= 11 is 0. The predicted octanol–water partition coefficient (Wildman–Crippen LogP) is 3.40. The average Bonchev–Trinajstić information content (AvgIpc) is 3.33. The van der Waals surface area contributed by atoms with Gasteiger partial charge in [0.25, 0.3) is 0 Å². The zero-order chi connectivity index (χ0) is 22.5. The molecule has 0 bridgehead atoms. The van der Waals surface area contributed by atoms with E-state index in [2.05, 4.69) is 26.0 Å². The molecule has 0 aliphatic heterocycles. The summed E-state index contributed by atoms with van der Waals surface area (Å²) in [6, 6.07) is 11.7. The average molecular weight is 435 g/mol. The minimum atomic E-state index is -4.43. The molecule has 5 aromatic rings. The minimum absolute atomic E-state index is 0.0314. The molecule has 3 heterocycles. The second-order valence-electron chi connectivity index (χ2n) is 7.05. The van der Waals surface area contributed by atoms with Crippen LogP contribution in [0.1, 0.15) is 16.7 Å². The number of H-pyrrole nitrogens is 1. The maximum Gasteiger partial charge on any atom is 0.416 e. The molecular formula is C21H12F3N7O. The second-order valence-corrected chi connectivity index (χ2v) is 7.05. The number of nitrogens with one attached hydrogen (secondary N) is 1. The van der Waals surface area contributed by atoms with Crippen LogP contribution in [0.2, 0.25) is 0 Å². The highest BCUT2D eigenvalue weighted by Crippen LogP contribution is 2.29. The molecule has 0 unspecified atom stereocenters. The van der Waals surface area contributed by atoms with E-state index in [1.807, 2.05) is 0 Å². The number of imidazole rings is 2. The van der Waals surface area contributed by atoms with Gasteiger partial charge in [-0.1, -0.05) is 12.1 Å². The van der Waals surface area contributed by atoms with E-state index < -0.39 is 17.4 Å². The first-order chi connectivity index (χ1) is 15.3. The third-order valence-corrected chi connectivity index (χ3v) is 5.01. The van der Waals surface area contributed by atoms with E-state index in [9.17, 15) is 18.0 Å². The van der Waals surface area contributed by atoms with Gasteiger partial charge >= 0.3 is 11.9 Å². The topological polar surface area (TPSA) is 105 Å². The van der Waals surface area contributed by atoms with E-state index in [-0.39, 0.29) is 12.5 Å². The molecule has 11 heteroatoms. The third kappa shape index (κ3) is 3.27. The second kappa shape index (κ2) is 7.05. The van der Waals surface area contributed by atoms with Gasteiger partial charge in [-0.25, -0.2) is 14.8 Å². The molecule has 8 nitrogen and oxygen atoms in total. The molecule has 0 saturated carbocycles. The van der Waals surface area contributed by atoms with Crippen molar-refractivity contribution in [3.8, 4) is 12.0 Å². The fourth-order valence-corrected chi connectivity index (χ4v) is 3.42. The molecule has 0 amide bonds. The summed E-state index contributed by atoms with van der Waals surface area (Å²) in [6.45, 7) is 0.0314. The zero-order valence-corrected chi connectivity index (χ0v) is 16.1. The van der Waals surface area contributed by atoms with Gasteiger partial charge in [-0.05, 0) is 35.9 Å². The molecule has 3 aromatic heterocycles. The molecule has 0 aliphatic carbocycles. The van der Waals surface area contributed by atoms with Crippen molar-refractivity contribution < 1.29 is 13.2 Å². The van der Waals surface area contributed by atoms with Crippen LogP contribution in [0.5, 0.6) is 0 Å². The minimum Gasteiger partial charge on any atom is -0.303 e. The Hall–Kier alpha value is -4.46. The smallest absolute Gasteiger partial charge is 0.303 e. The summed E-state index contributed by atoms with van der Waals surface area (Å²) in [5.74, 6) is 0.255. The quantitative estimate of drug-likeness (QED) is 0.468. The van der Waals surface area contributed by atoms with E-state index in [1.165, 1.54) is 29.2 Å². The molecule has 0 aliphatic rings. The summed E-state index contributed by atoms with van der Waals surface area (Å²) < 4.78 is 41.4. The highest BCUT2D eigenvalue weighted by atomic mass is 19.4. The lowest BCUT2D eigenvalue weighted by Gasteiger charge is -2.08. The van der Waals surface area contributed by atoms with Crippen molar-refractivity contribution in [3.63, 3.8) is 0 Å². The first-order valence-electron chi connectivity index (χ1n) is 9.33. The number of hydrogen-bond acceptors (Lipinski definition) is 5. The van der Waals surface area contributed by atoms with Crippen molar-refractivity contribution in [3.05, 3.63) is 82.2 Å². The monoisotopic (exact) mass is 435 g/mol. The van der Waals surface area contributed by atoms with Crippen LogP contribution in [0, 0.1) is 11.3 Å². The van der Waals surface area contributed by atoms with Crippen molar-refractivity contribution in [2.75, 3.05) is 0 Å². The van der Waals surface area contributed by atoms with Gasteiger partial charge in [0.2, 0.25) is 5.95 Å². The lowest BCUT2D eigenvalue weighted by atomic mass is 10.1. The van der Waals surface area contributed by atoms with E-state index in [0.29, 0.717) is 33.3 Å². The summed E-state index contributed by atoms with van der Waals surface area (Å²) in [5, 5.41) is 9.05. The van der Waals surface area contributed by atoms with E-state index in [1.54, 1.807) is 22.8 Å². The normalized spacial score (nSPS) is 11.8. The van der Waals surface area contributed by atoms with Gasteiger partial charge in [0.15, 0.2) is 5.65 Å². The molecule has 0 radical (unpaired) electrons. The van der Waals surface area contributed by atoms with Crippen LogP contribution in [0.3, 0.4) is 0 Å². The predicted molar refractivity (Wildman–Crippen MR) is 108 cm³/mol. The number of aromatic amines is 1. The fourth-order valence-electron chi connectivity index (χ4n) is 3.42. The summed E-state index contributed by atoms with van der Waals surface area (Å²) in [4.78, 5) is 28.1. The molecule has 0 fully saturated rings. The Morgan fingerprint density at radius 1 is 1.09 bits per heavy atom. The Morgan fingerprint density at radius 2 is 1.88 bits per heavy atom. The van der Waals surface area contributed by atoms with Gasteiger partial charge in [0.05, 0.1) is 41.0 Å². The highest BCUT2D eigenvalue weighted by Gasteiger charge is 2.30. The van der Waals surface area contributed by atoms with Gasteiger partial charge in [-0.3, -0.25) is 9.13 Å². The maximum atomic E-state index is 12.8. The number of rotatable bonds is 3. The first kappa shape index (κ1) is 19.5. The number of alkyl halides is 3. The Balaban J connectivity index is 1.56. The SMILES string of the molecule is N#Cc1ccc2c(c1)ncn2-c1ncc2[nH]c(=O)n(Cc3ccc(C(F)(F)F)cc3)c2n1. The Labute approximate surface area is 177 Å². The number of fused-ring (bicyclic) bond motifs is 2. The molecule has 158 valence electrons. The van der Waals surface area contributed by atoms with Crippen LogP contribution in [0.15, 0.2) is 59.8 Å². The molecular weight excluding hydrogens is 423 g/mol. The number of halogens is 3. The number of nitrogens with zero attached hydrogens (tertiary/aromatic N) is 6. The Kier molecular flexibility index (Phi) is 4.30. The number of hydrogen-bond donors (Lipinski definition) is 1. The van der Waals surface area contributed by atoms with Crippen LogP contribution >= 0.6 is 0 Å². The van der Waals surface area contributed by atoms with Crippen molar-refractivity contribution >= 4 is 22.2 Å². The third-order valence-electron chi connectivity index (χ3n) is 5.01. The Morgan fingerprint density at radius 3 is 2.59 bits per heavy atom. The lowest BCUT2D eigenvalue weighted by Crippen LogP contribution is -2.18. The summed E-state index contributed by atoms with van der Waals surface area (Å²) in [7, 11) is 0. The molecule has 0 atom stereocenters. The van der Waals surface area contributed by atoms with Gasteiger partial charge in [0, 0.05) is 0 Å². The van der Waals surface area contributed by atoms with Crippen molar-refractivity contribution in [1.29, 1.82) is 5.26 Å². The zero-order valence-electron chi connectivity index (χ0n) is 16.1. The van der Waals surface area contributed by atoms with Gasteiger partial charge < -0.3 is 4.98 Å². The number of nitriles is 1. The maximum absolute atomic E-state index is 12.8. The van der Waals surface area contributed by atoms with Crippen LogP contribution in [0.4, 0.5) is 13.2 Å². The van der Waals surface area contributed by atoms with Crippen LogP contribution in [0.25, 0.3) is 28.1 Å². The van der Waals surface area contributed by atoms with E-state index >= 15 is 0 Å². The van der Waals surface area contributed by atoms with Gasteiger partial charge in [-0.2, -0.15) is 23.4 Å². The Bertz CT molecular complexity index is 1570.